The summed E-state index contributed by atoms with van der Waals surface area (Å²) < 4.78 is 2.43. The smallest absolute Gasteiger partial charge is 0.231 e. The molecule has 0 saturated carbocycles. The normalized spacial score (nSPS) is 16.2. The first-order valence-electron chi connectivity index (χ1n) is 19.3. The Morgan fingerprint density at radius 2 is 1.20 bits per heavy atom. The number of nitrogens with zero attached hydrogens (tertiary/aromatic N) is 4. The second-order valence-electron chi connectivity index (χ2n) is 14.9. The molecule has 56 heavy (non-hydrogen) atoms. The van der Waals surface area contributed by atoms with Crippen LogP contribution in [0.25, 0.3) is 76.8 Å². The zero-order valence-corrected chi connectivity index (χ0v) is 30.4. The average Bonchev–Trinajstić information content (AvgIpc) is 3.78. The highest BCUT2D eigenvalue weighted by molar-refractivity contribution is 6.21. The lowest BCUT2D eigenvalue weighted by molar-refractivity contribution is 0.734. The minimum absolute atomic E-state index is 0.0210. The number of hydrogen-bond acceptors (Lipinski definition) is 3. The van der Waals surface area contributed by atoms with Crippen molar-refractivity contribution in [3.05, 3.63) is 205 Å². The van der Waals surface area contributed by atoms with E-state index < -0.39 is 0 Å². The fraction of sp³-hybridized carbons (Fsp3) is 0.0385. The number of benzene rings is 8. The summed E-state index contributed by atoms with van der Waals surface area (Å²) in [5.74, 6) is 0.830. The number of rotatable bonds is 4. The molecule has 2 unspecified atom stereocenters. The van der Waals surface area contributed by atoms with Gasteiger partial charge in [-0.15, -0.1) is 0 Å². The fourth-order valence-electron chi connectivity index (χ4n) is 9.48. The Morgan fingerprint density at radius 1 is 0.500 bits per heavy atom. The van der Waals surface area contributed by atoms with Crippen molar-refractivity contribution in [2.45, 2.75) is 12.0 Å². The molecule has 10 aromatic rings. The summed E-state index contributed by atoms with van der Waals surface area (Å²) in [5, 5.41) is 8.44. The largest absolute Gasteiger partial charge is 0.309 e. The molecule has 8 aromatic carbocycles. The highest BCUT2D eigenvalue weighted by Crippen LogP contribution is 2.50. The minimum atomic E-state index is 0.0210. The molecule has 2 atom stereocenters. The van der Waals surface area contributed by atoms with Crippen molar-refractivity contribution in [3.8, 4) is 16.9 Å². The van der Waals surface area contributed by atoms with Crippen LogP contribution in [0.1, 0.15) is 17.0 Å². The van der Waals surface area contributed by atoms with Gasteiger partial charge in [-0.1, -0.05) is 158 Å². The number of para-hydroxylation sites is 4. The van der Waals surface area contributed by atoms with E-state index >= 15 is 0 Å². The van der Waals surface area contributed by atoms with E-state index in [-0.39, 0.29) is 12.0 Å². The Kier molecular flexibility index (Phi) is 6.72. The maximum absolute atomic E-state index is 5.46. The fourth-order valence-corrected chi connectivity index (χ4v) is 9.48. The highest BCUT2D eigenvalue weighted by atomic mass is 15.3. The molecule has 4 heteroatoms. The van der Waals surface area contributed by atoms with Gasteiger partial charge in [0.1, 0.15) is 0 Å². The molecule has 3 heterocycles. The predicted octanol–water partition coefficient (Wildman–Crippen LogP) is 13.0. The molecule has 0 saturated heterocycles. The molecule has 0 N–H and O–H groups in total. The zero-order valence-electron chi connectivity index (χ0n) is 30.4. The molecule has 12 rings (SSSR count). The van der Waals surface area contributed by atoms with Crippen molar-refractivity contribution >= 4 is 71.5 Å². The molecule has 262 valence electrons. The maximum atomic E-state index is 5.46. The summed E-state index contributed by atoms with van der Waals surface area (Å²) in [6.07, 6.45) is 7.19. The molecule has 0 bridgehead atoms. The van der Waals surface area contributed by atoms with Crippen LogP contribution in [0.2, 0.25) is 0 Å². The second kappa shape index (κ2) is 12.1. The Morgan fingerprint density at radius 3 is 2.09 bits per heavy atom. The van der Waals surface area contributed by atoms with E-state index in [1.165, 1.54) is 65.7 Å². The molecule has 2 aromatic heterocycles. The number of aromatic nitrogens is 3. The third-order valence-corrected chi connectivity index (χ3v) is 11.9. The highest BCUT2D eigenvalue weighted by Gasteiger charge is 2.40. The monoisotopic (exact) mass is 714 g/mol. The standard InChI is InChI=1S/C52H34N4/c1-2-17-35(18-3-1)55-47-27-12-10-22-39(47)45-32-43(37-20-6-7-23-41(37)51(45)55)34-29-30-49-44(31-34)38-21-9-13-28-48(38)56(49)52-53-46-26-11-8-24-42(46)50(54-52)40-25-14-16-33-15-4-5-19-36(33)40/h1-32,44,49H. The van der Waals surface area contributed by atoms with Gasteiger partial charge in [-0.05, 0) is 69.3 Å². The number of fused-ring (bicyclic) bond motifs is 10. The second-order valence-corrected chi connectivity index (χ2v) is 14.9. The molecule has 0 spiro atoms. The summed E-state index contributed by atoms with van der Waals surface area (Å²) in [4.78, 5) is 13.1. The van der Waals surface area contributed by atoms with Crippen molar-refractivity contribution in [3.63, 3.8) is 0 Å². The van der Waals surface area contributed by atoms with Crippen molar-refractivity contribution in [2.24, 2.45) is 0 Å². The molecule has 0 fully saturated rings. The quantitative estimate of drug-likeness (QED) is 0.182. The van der Waals surface area contributed by atoms with Crippen LogP contribution in [0.5, 0.6) is 0 Å². The minimum Gasteiger partial charge on any atom is -0.309 e. The van der Waals surface area contributed by atoms with Crippen LogP contribution in [0.3, 0.4) is 0 Å². The van der Waals surface area contributed by atoms with E-state index in [9.17, 15) is 0 Å². The lowest BCUT2D eigenvalue weighted by atomic mass is 9.84. The van der Waals surface area contributed by atoms with Crippen molar-refractivity contribution in [1.29, 1.82) is 0 Å². The number of anilines is 2. The SMILES string of the molecule is C1=CC2C(C=C1c1cc3c4ccccc4n(-c4ccccc4)c3c3ccccc13)c1ccccc1N2c1nc(-c2cccc3ccccc23)c2ccccc2n1. The van der Waals surface area contributed by atoms with Gasteiger partial charge in [0.15, 0.2) is 0 Å². The summed E-state index contributed by atoms with van der Waals surface area (Å²) in [6.45, 7) is 0. The van der Waals surface area contributed by atoms with Gasteiger partial charge >= 0.3 is 0 Å². The summed E-state index contributed by atoms with van der Waals surface area (Å²) >= 11 is 0. The van der Waals surface area contributed by atoms with Gasteiger partial charge in [0.25, 0.3) is 0 Å². The average molecular weight is 715 g/mol. The maximum Gasteiger partial charge on any atom is 0.231 e. The predicted molar refractivity (Wildman–Crippen MR) is 233 cm³/mol. The molecule has 0 amide bonds. The van der Waals surface area contributed by atoms with Gasteiger partial charge in [-0.25, -0.2) is 9.97 Å². The Balaban J connectivity index is 1.04. The van der Waals surface area contributed by atoms with Crippen LogP contribution >= 0.6 is 0 Å². The van der Waals surface area contributed by atoms with E-state index in [0.29, 0.717) is 5.95 Å². The lowest BCUT2D eigenvalue weighted by Crippen LogP contribution is -2.30. The van der Waals surface area contributed by atoms with E-state index in [0.717, 1.165) is 27.8 Å². The Hall–Kier alpha value is -7.30. The number of hydrogen-bond donors (Lipinski definition) is 0. The third kappa shape index (κ3) is 4.53. The van der Waals surface area contributed by atoms with Gasteiger partial charge in [0.2, 0.25) is 5.95 Å². The van der Waals surface area contributed by atoms with Crippen LogP contribution < -0.4 is 4.90 Å². The first-order valence-corrected chi connectivity index (χ1v) is 19.3. The Labute approximate surface area is 323 Å². The van der Waals surface area contributed by atoms with E-state index in [1.807, 2.05) is 0 Å². The summed E-state index contributed by atoms with van der Waals surface area (Å²) in [5.41, 5.74) is 11.5. The first kappa shape index (κ1) is 31.1. The van der Waals surface area contributed by atoms with Crippen molar-refractivity contribution < 1.29 is 0 Å². The van der Waals surface area contributed by atoms with Gasteiger partial charge in [0, 0.05) is 44.4 Å². The summed E-state index contributed by atoms with van der Waals surface area (Å²) in [6, 6.07) is 63.1. The molecule has 4 nitrogen and oxygen atoms in total. The first-order chi connectivity index (χ1) is 27.8. The molecule has 0 radical (unpaired) electrons. The van der Waals surface area contributed by atoms with E-state index in [2.05, 4.69) is 204 Å². The molecule has 1 aliphatic carbocycles. The van der Waals surface area contributed by atoms with Crippen LogP contribution in [-0.4, -0.2) is 20.6 Å². The van der Waals surface area contributed by atoms with Crippen LogP contribution in [0, 0.1) is 0 Å². The Bertz CT molecular complexity index is 3280. The van der Waals surface area contributed by atoms with Crippen LogP contribution in [0.15, 0.2) is 194 Å². The number of allylic oxidation sites excluding steroid dienone is 2. The van der Waals surface area contributed by atoms with Gasteiger partial charge in [0.05, 0.1) is 28.3 Å². The van der Waals surface area contributed by atoms with Gasteiger partial charge < -0.3 is 9.47 Å². The van der Waals surface area contributed by atoms with E-state index in [1.54, 1.807) is 0 Å². The van der Waals surface area contributed by atoms with Gasteiger partial charge in [-0.2, -0.15) is 0 Å². The van der Waals surface area contributed by atoms with Crippen molar-refractivity contribution in [1.82, 2.24) is 14.5 Å². The summed E-state index contributed by atoms with van der Waals surface area (Å²) in [7, 11) is 0. The topological polar surface area (TPSA) is 34.0 Å². The molecular weight excluding hydrogens is 681 g/mol. The van der Waals surface area contributed by atoms with Crippen molar-refractivity contribution in [2.75, 3.05) is 4.90 Å². The molecule has 2 aliphatic rings. The zero-order chi connectivity index (χ0) is 36.7. The molecule has 1 aliphatic heterocycles. The van der Waals surface area contributed by atoms with Crippen LogP contribution in [-0.2, 0) is 0 Å². The molecular formula is C52H34N4. The lowest BCUT2D eigenvalue weighted by Gasteiger charge is -2.29. The van der Waals surface area contributed by atoms with Crippen LogP contribution in [0.4, 0.5) is 11.6 Å². The van der Waals surface area contributed by atoms with Gasteiger partial charge in [-0.3, -0.25) is 0 Å². The van der Waals surface area contributed by atoms with E-state index in [4.69, 9.17) is 9.97 Å². The third-order valence-electron chi connectivity index (χ3n) is 11.9.